The Hall–Kier alpha value is -2.10. The van der Waals surface area contributed by atoms with Crippen molar-refractivity contribution in [1.82, 2.24) is 4.98 Å². The molecule has 15 heavy (non-hydrogen) atoms. The number of amides is 1. The highest BCUT2D eigenvalue weighted by Crippen LogP contribution is 2.10. The predicted molar refractivity (Wildman–Crippen MR) is 59.0 cm³/mol. The zero-order valence-electron chi connectivity index (χ0n) is 8.23. The molecular weight excluding hydrogens is 192 g/mol. The average molecular weight is 202 g/mol. The first-order valence-corrected chi connectivity index (χ1v) is 4.52. The number of carbonyl (C=O) groups is 1. The molecule has 0 spiro atoms. The van der Waals surface area contributed by atoms with E-state index in [1.807, 2.05) is 12.1 Å². The van der Waals surface area contributed by atoms with Crippen LogP contribution in [0.25, 0.3) is 10.9 Å². The number of nitrogens with zero attached hydrogens (tertiary/aromatic N) is 1. The number of hydrogen-bond acceptors (Lipinski definition) is 2. The number of rotatable bonds is 2. The van der Waals surface area contributed by atoms with Gasteiger partial charge in [0, 0.05) is 24.1 Å². The summed E-state index contributed by atoms with van der Waals surface area (Å²) in [6.07, 6.45) is 2.15. The Balaban J connectivity index is 2.76. The number of pyridine rings is 1. The number of fused-ring (bicyclic) bond motifs is 1. The highest BCUT2D eigenvalue weighted by molar-refractivity contribution is 5.84. The van der Waals surface area contributed by atoms with Gasteiger partial charge in [-0.05, 0) is 12.1 Å². The van der Waals surface area contributed by atoms with Crippen LogP contribution in [0.3, 0.4) is 0 Å². The third-order valence-electron chi connectivity index (χ3n) is 2.31. The highest BCUT2D eigenvalue weighted by atomic mass is 16.1. The van der Waals surface area contributed by atoms with Crippen molar-refractivity contribution in [2.75, 3.05) is 11.9 Å². The quantitative estimate of drug-likeness (QED) is 0.742. The number of carbonyl (C=O) groups excluding carboxylic acids is 1. The fourth-order valence-corrected chi connectivity index (χ4v) is 1.48. The van der Waals surface area contributed by atoms with E-state index in [9.17, 15) is 9.59 Å². The number of nitrogens with one attached hydrogen (secondary N) is 1. The van der Waals surface area contributed by atoms with E-state index in [0.717, 1.165) is 5.52 Å². The molecule has 1 aromatic carbocycles. The van der Waals surface area contributed by atoms with E-state index in [1.54, 1.807) is 25.4 Å². The summed E-state index contributed by atoms with van der Waals surface area (Å²) >= 11 is 0. The molecule has 2 rings (SSSR count). The first-order valence-electron chi connectivity index (χ1n) is 4.52. The largest absolute Gasteiger partial charge is 0.359 e. The van der Waals surface area contributed by atoms with E-state index in [-0.39, 0.29) is 5.43 Å². The maximum absolute atomic E-state index is 11.9. The molecule has 0 saturated carbocycles. The molecule has 0 aliphatic heterocycles. The molecule has 0 fully saturated rings. The number of H-pyrrole nitrogens is 1. The summed E-state index contributed by atoms with van der Waals surface area (Å²) in [4.78, 5) is 26.7. The third-order valence-corrected chi connectivity index (χ3v) is 2.31. The highest BCUT2D eigenvalue weighted by Gasteiger charge is 2.07. The monoisotopic (exact) mass is 202 g/mol. The van der Waals surface area contributed by atoms with Gasteiger partial charge in [-0.15, -0.1) is 0 Å². The van der Waals surface area contributed by atoms with Crippen molar-refractivity contribution in [2.45, 2.75) is 0 Å². The van der Waals surface area contributed by atoms with Crippen molar-refractivity contribution in [3.05, 3.63) is 40.7 Å². The first kappa shape index (κ1) is 9.45. The van der Waals surface area contributed by atoms with Gasteiger partial charge in [0.05, 0.1) is 0 Å². The van der Waals surface area contributed by atoms with Gasteiger partial charge < -0.3 is 9.88 Å². The molecule has 0 aliphatic rings. The smallest absolute Gasteiger partial charge is 0.214 e. The van der Waals surface area contributed by atoms with Crippen molar-refractivity contribution >= 4 is 23.0 Å². The Morgan fingerprint density at radius 1 is 1.33 bits per heavy atom. The molecule has 4 heteroatoms. The Kier molecular flexibility index (Phi) is 2.25. The van der Waals surface area contributed by atoms with E-state index in [2.05, 4.69) is 4.98 Å². The van der Waals surface area contributed by atoms with Crippen LogP contribution in [0.4, 0.5) is 5.69 Å². The summed E-state index contributed by atoms with van der Waals surface area (Å²) in [5.41, 5.74) is 0.980. The summed E-state index contributed by atoms with van der Waals surface area (Å²) in [6, 6.07) is 7.20. The standard InChI is InChI=1S/C11H10N2O2/c1-13(7-14)10-6-12-9-5-3-2-4-8(9)11(10)15/h2-7H,1H3,(H,12,15). The minimum absolute atomic E-state index is 0.140. The molecule has 0 bridgehead atoms. The van der Waals surface area contributed by atoms with Crippen molar-refractivity contribution < 1.29 is 4.79 Å². The lowest BCUT2D eigenvalue weighted by atomic mass is 10.2. The lowest BCUT2D eigenvalue weighted by molar-refractivity contribution is -0.107. The van der Waals surface area contributed by atoms with Crippen LogP contribution in [-0.4, -0.2) is 18.4 Å². The minimum atomic E-state index is -0.140. The van der Waals surface area contributed by atoms with Gasteiger partial charge in [0.25, 0.3) is 0 Å². The molecule has 2 aromatic rings. The molecule has 1 aromatic heterocycles. The van der Waals surface area contributed by atoms with Gasteiger partial charge in [-0.2, -0.15) is 0 Å². The van der Waals surface area contributed by atoms with Gasteiger partial charge in [0.2, 0.25) is 11.8 Å². The van der Waals surface area contributed by atoms with Gasteiger partial charge in [0.1, 0.15) is 5.69 Å². The summed E-state index contributed by atoms with van der Waals surface area (Å²) in [6.45, 7) is 0. The van der Waals surface area contributed by atoms with Crippen LogP contribution in [0.5, 0.6) is 0 Å². The van der Waals surface area contributed by atoms with Crippen LogP contribution >= 0.6 is 0 Å². The minimum Gasteiger partial charge on any atom is -0.359 e. The molecule has 0 saturated heterocycles. The molecule has 0 radical (unpaired) electrons. The number of aromatic nitrogens is 1. The van der Waals surface area contributed by atoms with Crippen LogP contribution in [0, 0.1) is 0 Å². The second-order valence-electron chi connectivity index (χ2n) is 3.26. The number of hydrogen-bond donors (Lipinski definition) is 1. The molecule has 76 valence electrons. The lowest BCUT2D eigenvalue weighted by Crippen LogP contribution is -2.22. The number of anilines is 1. The summed E-state index contributed by atoms with van der Waals surface area (Å²) < 4.78 is 0. The van der Waals surface area contributed by atoms with Crippen LogP contribution in [0.1, 0.15) is 0 Å². The van der Waals surface area contributed by atoms with Crippen LogP contribution < -0.4 is 10.3 Å². The van der Waals surface area contributed by atoms with Crippen LogP contribution in [0.2, 0.25) is 0 Å². The van der Waals surface area contributed by atoms with E-state index in [1.165, 1.54) is 4.90 Å². The van der Waals surface area contributed by atoms with Gasteiger partial charge in [-0.25, -0.2) is 0 Å². The van der Waals surface area contributed by atoms with Crippen LogP contribution in [-0.2, 0) is 4.79 Å². The summed E-state index contributed by atoms with van der Waals surface area (Å²) in [5, 5.41) is 0.587. The molecule has 1 heterocycles. The predicted octanol–water partition coefficient (Wildman–Crippen LogP) is 1.12. The van der Waals surface area contributed by atoms with Crippen molar-refractivity contribution in [1.29, 1.82) is 0 Å². The normalized spacial score (nSPS) is 10.2. The Bertz CT molecular complexity index is 560. The Morgan fingerprint density at radius 2 is 2.07 bits per heavy atom. The van der Waals surface area contributed by atoms with Crippen LogP contribution in [0.15, 0.2) is 35.3 Å². The molecule has 1 amide bonds. The van der Waals surface area contributed by atoms with Gasteiger partial charge in [-0.1, -0.05) is 12.1 Å². The van der Waals surface area contributed by atoms with E-state index in [4.69, 9.17) is 0 Å². The second-order valence-corrected chi connectivity index (χ2v) is 3.26. The van der Waals surface area contributed by atoms with Gasteiger partial charge in [-0.3, -0.25) is 9.59 Å². The number of benzene rings is 1. The fraction of sp³-hybridized carbons (Fsp3) is 0.0909. The van der Waals surface area contributed by atoms with Crippen molar-refractivity contribution in [3.8, 4) is 0 Å². The van der Waals surface area contributed by atoms with E-state index >= 15 is 0 Å². The maximum atomic E-state index is 11.9. The maximum Gasteiger partial charge on any atom is 0.214 e. The topological polar surface area (TPSA) is 53.2 Å². The number of para-hydroxylation sites is 1. The SMILES string of the molecule is CN(C=O)c1c[nH]c2ccccc2c1=O. The van der Waals surface area contributed by atoms with E-state index < -0.39 is 0 Å². The lowest BCUT2D eigenvalue weighted by Gasteiger charge is -2.09. The Labute approximate surface area is 86.1 Å². The molecule has 4 nitrogen and oxygen atoms in total. The fourth-order valence-electron chi connectivity index (χ4n) is 1.48. The molecule has 0 aliphatic carbocycles. The average Bonchev–Trinajstić information content (AvgIpc) is 2.29. The summed E-state index contributed by atoms with van der Waals surface area (Å²) in [7, 11) is 1.55. The molecule has 0 atom stereocenters. The zero-order chi connectivity index (χ0) is 10.8. The second kappa shape index (κ2) is 3.57. The Morgan fingerprint density at radius 3 is 2.80 bits per heavy atom. The third kappa shape index (κ3) is 1.50. The van der Waals surface area contributed by atoms with Crippen molar-refractivity contribution in [2.24, 2.45) is 0 Å². The first-order chi connectivity index (χ1) is 7.24. The van der Waals surface area contributed by atoms with Gasteiger partial charge >= 0.3 is 0 Å². The zero-order valence-corrected chi connectivity index (χ0v) is 8.23. The van der Waals surface area contributed by atoms with E-state index in [0.29, 0.717) is 17.5 Å². The summed E-state index contributed by atoms with van der Waals surface area (Å²) in [5.74, 6) is 0. The molecule has 0 unspecified atom stereocenters. The molecular formula is C11H10N2O2. The van der Waals surface area contributed by atoms with Crippen molar-refractivity contribution in [3.63, 3.8) is 0 Å². The van der Waals surface area contributed by atoms with Gasteiger partial charge in [0.15, 0.2) is 0 Å². The molecule has 1 N–H and O–H groups in total. The number of aromatic amines is 1.